The van der Waals surface area contributed by atoms with Gasteiger partial charge in [0.15, 0.2) is 0 Å². The van der Waals surface area contributed by atoms with Crippen molar-refractivity contribution in [1.82, 2.24) is 5.32 Å². The fourth-order valence-corrected chi connectivity index (χ4v) is 2.10. The second-order valence-corrected chi connectivity index (χ2v) is 6.90. The molecule has 2 aromatic carbocycles. The number of nitrogens with one attached hydrogen (secondary N) is 2. The molecule has 0 heterocycles. The summed E-state index contributed by atoms with van der Waals surface area (Å²) < 4.78 is 0. The molecule has 0 aliphatic heterocycles. The molecule has 0 bridgehead atoms. The molecule has 0 radical (unpaired) electrons. The van der Waals surface area contributed by atoms with Gasteiger partial charge in [-0.3, -0.25) is 9.59 Å². The zero-order chi connectivity index (χ0) is 17.7. The van der Waals surface area contributed by atoms with Crippen molar-refractivity contribution in [3.63, 3.8) is 0 Å². The van der Waals surface area contributed by atoms with Gasteiger partial charge in [-0.15, -0.1) is 0 Å². The Morgan fingerprint density at radius 1 is 1.00 bits per heavy atom. The number of rotatable bonds is 4. The highest BCUT2D eigenvalue weighted by molar-refractivity contribution is 5.95. The number of aryl methyl sites for hydroxylation is 1. The van der Waals surface area contributed by atoms with E-state index in [4.69, 9.17) is 0 Å². The third-order valence-corrected chi connectivity index (χ3v) is 3.72. The van der Waals surface area contributed by atoms with Crippen molar-refractivity contribution >= 4 is 17.5 Å². The molecule has 0 aliphatic carbocycles. The highest BCUT2D eigenvalue weighted by Gasteiger charge is 2.21. The average Bonchev–Trinajstić information content (AvgIpc) is 2.55. The lowest BCUT2D eigenvalue weighted by atomic mass is 9.95. The van der Waals surface area contributed by atoms with Crippen LogP contribution < -0.4 is 10.6 Å². The zero-order valence-corrected chi connectivity index (χ0v) is 14.6. The minimum absolute atomic E-state index is 0.0314. The van der Waals surface area contributed by atoms with Crippen molar-refractivity contribution < 1.29 is 9.59 Å². The van der Waals surface area contributed by atoms with Crippen LogP contribution >= 0.6 is 0 Å². The lowest BCUT2D eigenvalue weighted by Gasteiger charge is -2.19. The molecule has 2 N–H and O–H groups in total. The van der Waals surface area contributed by atoms with Gasteiger partial charge in [-0.05, 0) is 36.2 Å². The summed E-state index contributed by atoms with van der Waals surface area (Å²) in [5.74, 6) is -0.146. The van der Waals surface area contributed by atoms with Gasteiger partial charge in [0, 0.05) is 23.2 Å². The molecule has 0 saturated carbocycles. The van der Waals surface area contributed by atoms with Crippen LogP contribution in [-0.4, -0.2) is 11.8 Å². The molecule has 126 valence electrons. The van der Waals surface area contributed by atoms with Gasteiger partial charge < -0.3 is 10.6 Å². The predicted molar refractivity (Wildman–Crippen MR) is 96.9 cm³/mol. The van der Waals surface area contributed by atoms with Crippen LogP contribution in [0, 0.1) is 12.3 Å². The second kappa shape index (κ2) is 7.30. The van der Waals surface area contributed by atoms with Crippen molar-refractivity contribution in [2.24, 2.45) is 5.41 Å². The van der Waals surface area contributed by atoms with Gasteiger partial charge in [0.05, 0.1) is 0 Å². The molecule has 4 nitrogen and oxygen atoms in total. The molecular weight excluding hydrogens is 300 g/mol. The molecule has 24 heavy (non-hydrogen) atoms. The van der Waals surface area contributed by atoms with E-state index in [1.165, 1.54) is 0 Å². The van der Waals surface area contributed by atoms with Crippen molar-refractivity contribution in [2.45, 2.75) is 34.2 Å². The van der Waals surface area contributed by atoms with E-state index in [1.54, 1.807) is 12.1 Å². The standard InChI is InChI=1S/C20H24N2O2/c1-14-10-11-15(12-17(14)22-19(24)20(2,3)4)13-21-18(23)16-8-6-5-7-9-16/h5-12H,13H2,1-4H3,(H,21,23)(H,22,24). The Morgan fingerprint density at radius 3 is 2.29 bits per heavy atom. The summed E-state index contributed by atoms with van der Waals surface area (Å²) in [7, 11) is 0. The molecule has 2 amide bonds. The number of hydrogen-bond donors (Lipinski definition) is 2. The Labute approximate surface area is 143 Å². The van der Waals surface area contributed by atoms with E-state index in [1.807, 2.05) is 64.1 Å². The summed E-state index contributed by atoms with van der Waals surface area (Å²) in [5.41, 5.74) is 2.89. The van der Waals surface area contributed by atoms with E-state index in [2.05, 4.69) is 10.6 Å². The van der Waals surface area contributed by atoms with Crippen LogP contribution in [0.15, 0.2) is 48.5 Å². The number of hydrogen-bond acceptors (Lipinski definition) is 2. The van der Waals surface area contributed by atoms with Crippen LogP contribution in [0.4, 0.5) is 5.69 Å². The largest absolute Gasteiger partial charge is 0.348 e. The summed E-state index contributed by atoms with van der Waals surface area (Å²) in [4.78, 5) is 24.3. The van der Waals surface area contributed by atoms with E-state index in [9.17, 15) is 9.59 Å². The highest BCUT2D eigenvalue weighted by atomic mass is 16.2. The van der Waals surface area contributed by atoms with E-state index < -0.39 is 5.41 Å². The van der Waals surface area contributed by atoms with Gasteiger partial charge in [0.1, 0.15) is 0 Å². The van der Waals surface area contributed by atoms with E-state index in [-0.39, 0.29) is 11.8 Å². The molecular formula is C20H24N2O2. The highest BCUT2D eigenvalue weighted by Crippen LogP contribution is 2.21. The number of carbonyl (C=O) groups is 2. The van der Waals surface area contributed by atoms with E-state index in [0.29, 0.717) is 12.1 Å². The van der Waals surface area contributed by atoms with Crippen LogP contribution in [0.1, 0.15) is 42.3 Å². The number of anilines is 1. The quantitative estimate of drug-likeness (QED) is 0.896. The van der Waals surface area contributed by atoms with Crippen molar-refractivity contribution in [2.75, 3.05) is 5.32 Å². The van der Waals surface area contributed by atoms with Crippen LogP contribution in [-0.2, 0) is 11.3 Å². The Morgan fingerprint density at radius 2 is 1.67 bits per heavy atom. The predicted octanol–water partition coefficient (Wildman–Crippen LogP) is 3.91. The molecule has 0 saturated heterocycles. The maximum absolute atomic E-state index is 12.2. The Kier molecular flexibility index (Phi) is 5.39. The van der Waals surface area contributed by atoms with E-state index >= 15 is 0 Å². The van der Waals surface area contributed by atoms with Gasteiger partial charge in [0.25, 0.3) is 5.91 Å². The molecule has 0 atom stereocenters. The third-order valence-electron chi connectivity index (χ3n) is 3.72. The Bertz CT molecular complexity index is 731. The summed E-state index contributed by atoms with van der Waals surface area (Å²) in [6, 6.07) is 14.9. The zero-order valence-electron chi connectivity index (χ0n) is 14.6. The molecule has 0 fully saturated rings. The lowest BCUT2D eigenvalue weighted by molar-refractivity contribution is -0.123. The fraction of sp³-hybridized carbons (Fsp3) is 0.300. The molecule has 2 aromatic rings. The van der Waals surface area contributed by atoms with Crippen LogP contribution in [0.3, 0.4) is 0 Å². The van der Waals surface area contributed by atoms with Gasteiger partial charge in [-0.2, -0.15) is 0 Å². The first kappa shape index (κ1) is 17.7. The molecule has 0 unspecified atom stereocenters. The molecule has 0 aromatic heterocycles. The summed E-state index contributed by atoms with van der Waals surface area (Å²) in [5, 5.41) is 5.85. The summed E-state index contributed by atoms with van der Waals surface area (Å²) in [6.07, 6.45) is 0. The SMILES string of the molecule is Cc1ccc(CNC(=O)c2ccccc2)cc1NC(=O)C(C)(C)C. The lowest BCUT2D eigenvalue weighted by Crippen LogP contribution is -2.28. The summed E-state index contributed by atoms with van der Waals surface area (Å²) >= 11 is 0. The number of carbonyl (C=O) groups excluding carboxylic acids is 2. The van der Waals surface area contributed by atoms with Crippen LogP contribution in [0.25, 0.3) is 0 Å². The minimum atomic E-state index is -0.454. The first-order valence-corrected chi connectivity index (χ1v) is 8.01. The molecule has 0 aliphatic rings. The Balaban J connectivity index is 2.05. The normalized spacial score (nSPS) is 11.0. The summed E-state index contributed by atoms with van der Waals surface area (Å²) in [6.45, 7) is 7.99. The smallest absolute Gasteiger partial charge is 0.251 e. The Hall–Kier alpha value is -2.62. The van der Waals surface area contributed by atoms with Crippen LogP contribution in [0.2, 0.25) is 0 Å². The second-order valence-electron chi connectivity index (χ2n) is 6.90. The van der Waals surface area contributed by atoms with Crippen molar-refractivity contribution in [1.29, 1.82) is 0 Å². The number of benzene rings is 2. The van der Waals surface area contributed by atoms with Gasteiger partial charge in [0.2, 0.25) is 5.91 Å². The first-order chi connectivity index (χ1) is 11.3. The van der Waals surface area contributed by atoms with Crippen LogP contribution in [0.5, 0.6) is 0 Å². The van der Waals surface area contributed by atoms with Gasteiger partial charge in [-0.25, -0.2) is 0 Å². The van der Waals surface area contributed by atoms with Gasteiger partial charge >= 0.3 is 0 Å². The van der Waals surface area contributed by atoms with Gasteiger partial charge in [-0.1, -0.05) is 51.1 Å². The maximum atomic E-state index is 12.2. The first-order valence-electron chi connectivity index (χ1n) is 8.01. The molecule has 0 spiro atoms. The molecule has 2 rings (SSSR count). The topological polar surface area (TPSA) is 58.2 Å². The van der Waals surface area contributed by atoms with Crippen molar-refractivity contribution in [3.8, 4) is 0 Å². The third kappa shape index (κ3) is 4.69. The monoisotopic (exact) mass is 324 g/mol. The van der Waals surface area contributed by atoms with Crippen molar-refractivity contribution in [3.05, 3.63) is 65.2 Å². The minimum Gasteiger partial charge on any atom is -0.348 e. The number of amides is 2. The fourth-order valence-electron chi connectivity index (χ4n) is 2.10. The van der Waals surface area contributed by atoms with E-state index in [0.717, 1.165) is 16.8 Å². The maximum Gasteiger partial charge on any atom is 0.251 e. The molecule has 4 heteroatoms. The average molecular weight is 324 g/mol.